The smallest absolute Gasteiger partial charge is 0.328 e. The Kier molecular flexibility index (Phi) is 8.30. The fourth-order valence-corrected chi connectivity index (χ4v) is 5.37. The second-order valence-electron chi connectivity index (χ2n) is 7.30. The maximum Gasteiger partial charge on any atom is 0.328 e. The van der Waals surface area contributed by atoms with Gasteiger partial charge in [0.15, 0.2) is 5.13 Å². The Hall–Kier alpha value is -2.59. The van der Waals surface area contributed by atoms with Gasteiger partial charge in [-0.3, -0.25) is 19.8 Å². The van der Waals surface area contributed by atoms with Crippen LogP contribution < -0.4 is 15.5 Å². The van der Waals surface area contributed by atoms with Gasteiger partial charge in [-0.1, -0.05) is 30.2 Å². The van der Waals surface area contributed by atoms with Gasteiger partial charge in [0.2, 0.25) is 0 Å². The zero-order valence-electron chi connectivity index (χ0n) is 17.3. The molecular weight excluding hydrogens is 436 g/mol. The van der Waals surface area contributed by atoms with Crippen LogP contribution in [0, 0.1) is 5.92 Å². The van der Waals surface area contributed by atoms with Crippen LogP contribution in [0.4, 0.5) is 15.6 Å². The van der Waals surface area contributed by atoms with E-state index in [2.05, 4.69) is 15.6 Å². The van der Waals surface area contributed by atoms with Gasteiger partial charge in [-0.2, -0.15) is 0 Å². The Labute approximate surface area is 189 Å². The van der Waals surface area contributed by atoms with Crippen molar-refractivity contribution in [2.45, 2.75) is 36.3 Å². The van der Waals surface area contributed by atoms with Gasteiger partial charge in [0.1, 0.15) is 0 Å². The standard InChI is InChI=1S/C21H26N4O4S2/c1-22-19(28)15-7-4-8-16(11-15)25(13-14-5-2-3-6-14)21(29)24-20-23-12-18(31-20)30-10-9-17(26)27/h4,7-8,11-12,14H,2-3,5-6,9-10,13H2,1H3,(H,22,28)(H,26,27)(H,23,24,29). The van der Waals surface area contributed by atoms with E-state index in [1.54, 1.807) is 36.3 Å². The number of thiazole rings is 1. The molecule has 1 aromatic carbocycles. The number of carbonyl (C=O) groups excluding carboxylic acids is 2. The summed E-state index contributed by atoms with van der Waals surface area (Å²) in [6, 6.07) is 6.75. The number of amides is 3. The third-order valence-electron chi connectivity index (χ3n) is 5.07. The molecule has 0 unspecified atom stereocenters. The maximum absolute atomic E-state index is 13.2. The quantitative estimate of drug-likeness (QED) is 0.479. The molecule has 1 aromatic heterocycles. The summed E-state index contributed by atoms with van der Waals surface area (Å²) in [7, 11) is 1.58. The molecule has 3 N–H and O–H groups in total. The average molecular weight is 463 g/mol. The fourth-order valence-electron chi connectivity index (χ4n) is 3.50. The Morgan fingerprint density at radius 2 is 2.06 bits per heavy atom. The lowest BCUT2D eigenvalue weighted by molar-refractivity contribution is -0.136. The van der Waals surface area contributed by atoms with Crippen molar-refractivity contribution in [2.75, 3.05) is 29.6 Å². The monoisotopic (exact) mass is 462 g/mol. The number of anilines is 2. The minimum atomic E-state index is -0.841. The van der Waals surface area contributed by atoms with E-state index in [0.29, 0.717) is 34.6 Å². The molecule has 1 fully saturated rings. The van der Waals surface area contributed by atoms with Gasteiger partial charge in [0.05, 0.1) is 16.8 Å². The molecule has 1 saturated carbocycles. The van der Waals surface area contributed by atoms with Crippen molar-refractivity contribution in [2.24, 2.45) is 5.92 Å². The molecule has 3 rings (SSSR count). The Balaban J connectivity index is 1.73. The molecule has 0 aliphatic heterocycles. The molecule has 0 atom stereocenters. The zero-order chi connectivity index (χ0) is 22.2. The van der Waals surface area contributed by atoms with E-state index in [0.717, 1.165) is 17.1 Å². The Morgan fingerprint density at radius 1 is 1.29 bits per heavy atom. The van der Waals surface area contributed by atoms with E-state index in [1.807, 2.05) is 6.07 Å². The van der Waals surface area contributed by atoms with Crippen LogP contribution in [0.2, 0.25) is 0 Å². The van der Waals surface area contributed by atoms with Gasteiger partial charge in [-0.25, -0.2) is 9.78 Å². The van der Waals surface area contributed by atoms with Crippen LogP contribution in [0.15, 0.2) is 34.7 Å². The predicted octanol–water partition coefficient (Wildman–Crippen LogP) is 4.30. The minimum absolute atomic E-state index is 0.0705. The molecule has 0 radical (unpaired) electrons. The minimum Gasteiger partial charge on any atom is -0.481 e. The lowest BCUT2D eigenvalue weighted by Gasteiger charge is -2.26. The number of carboxylic acids is 1. The molecule has 1 heterocycles. The van der Waals surface area contributed by atoms with E-state index in [9.17, 15) is 14.4 Å². The van der Waals surface area contributed by atoms with Crippen molar-refractivity contribution in [3.8, 4) is 0 Å². The first kappa shape index (κ1) is 23.1. The number of urea groups is 1. The maximum atomic E-state index is 13.2. The van der Waals surface area contributed by atoms with Crippen LogP contribution in [0.3, 0.4) is 0 Å². The summed E-state index contributed by atoms with van der Waals surface area (Å²) in [6.45, 7) is 0.578. The van der Waals surface area contributed by atoms with E-state index in [-0.39, 0.29) is 18.4 Å². The molecule has 10 heteroatoms. The van der Waals surface area contributed by atoms with Crippen LogP contribution in [0.5, 0.6) is 0 Å². The molecule has 166 valence electrons. The second-order valence-corrected chi connectivity index (χ2v) is 9.72. The number of aromatic nitrogens is 1. The highest BCUT2D eigenvalue weighted by molar-refractivity contribution is 8.01. The number of hydrogen-bond donors (Lipinski definition) is 3. The van der Waals surface area contributed by atoms with Crippen LogP contribution >= 0.6 is 23.1 Å². The third-order valence-corrected chi connectivity index (χ3v) is 7.18. The molecule has 0 bridgehead atoms. The summed E-state index contributed by atoms with van der Waals surface area (Å²) in [5.41, 5.74) is 1.16. The highest BCUT2D eigenvalue weighted by atomic mass is 32.2. The Morgan fingerprint density at radius 3 is 2.77 bits per heavy atom. The van der Waals surface area contributed by atoms with Crippen LogP contribution in [0.25, 0.3) is 0 Å². The van der Waals surface area contributed by atoms with Crippen molar-refractivity contribution < 1.29 is 19.5 Å². The highest BCUT2D eigenvalue weighted by Crippen LogP contribution is 2.31. The van der Waals surface area contributed by atoms with Gasteiger partial charge in [-0.15, -0.1) is 11.8 Å². The van der Waals surface area contributed by atoms with Crippen LogP contribution in [0.1, 0.15) is 42.5 Å². The molecule has 1 aliphatic carbocycles. The lowest BCUT2D eigenvalue weighted by atomic mass is 10.1. The third kappa shape index (κ3) is 6.70. The number of rotatable bonds is 9. The van der Waals surface area contributed by atoms with E-state index < -0.39 is 5.97 Å². The fraction of sp³-hybridized carbons (Fsp3) is 0.429. The van der Waals surface area contributed by atoms with Gasteiger partial charge in [0, 0.05) is 30.6 Å². The highest BCUT2D eigenvalue weighted by Gasteiger charge is 2.24. The van der Waals surface area contributed by atoms with Gasteiger partial charge >= 0.3 is 12.0 Å². The van der Waals surface area contributed by atoms with Crippen LogP contribution in [-0.4, -0.2) is 47.3 Å². The number of benzene rings is 1. The topological polar surface area (TPSA) is 112 Å². The first-order valence-corrected chi connectivity index (χ1v) is 12.0. The summed E-state index contributed by atoms with van der Waals surface area (Å²) in [5, 5.41) is 14.7. The number of thioether (sulfide) groups is 1. The van der Waals surface area contributed by atoms with Gasteiger partial charge in [0.25, 0.3) is 5.91 Å². The van der Waals surface area contributed by atoms with Crippen molar-refractivity contribution >= 4 is 51.8 Å². The van der Waals surface area contributed by atoms with E-state index >= 15 is 0 Å². The first-order chi connectivity index (χ1) is 15.0. The number of nitrogens with zero attached hydrogens (tertiary/aromatic N) is 2. The largest absolute Gasteiger partial charge is 0.481 e. The number of carboxylic acid groups (broad SMARTS) is 1. The molecule has 0 spiro atoms. The van der Waals surface area contributed by atoms with Crippen molar-refractivity contribution in [1.29, 1.82) is 0 Å². The molecule has 3 amide bonds. The number of aliphatic carboxylic acids is 1. The number of carbonyl (C=O) groups is 3. The van der Waals surface area contributed by atoms with Crippen LogP contribution in [-0.2, 0) is 4.79 Å². The molecule has 2 aromatic rings. The Bertz CT molecular complexity index is 928. The second kappa shape index (κ2) is 11.1. The zero-order valence-corrected chi connectivity index (χ0v) is 18.9. The van der Waals surface area contributed by atoms with Crippen molar-refractivity contribution in [3.05, 3.63) is 36.0 Å². The summed E-state index contributed by atoms with van der Waals surface area (Å²) in [5.74, 6) is -0.170. The predicted molar refractivity (Wildman–Crippen MR) is 123 cm³/mol. The summed E-state index contributed by atoms with van der Waals surface area (Å²) in [4.78, 5) is 41.8. The van der Waals surface area contributed by atoms with Crippen molar-refractivity contribution in [1.82, 2.24) is 10.3 Å². The van der Waals surface area contributed by atoms with Crippen molar-refractivity contribution in [3.63, 3.8) is 0 Å². The van der Waals surface area contributed by atoms with E-state index in [4.69, 9.17) is 5.11 Å². The van der Waals surface area contributed by atoms with Gasteiger partial charge < -0.3 is 10.4 Å². The molecule has 1 aliphatic rings. The van der Waals surface area contributed by atoms with E-state index in [1.165, 1.54) is 35.9 Å². The summed E-state index contributed by atoms with van der Waals surface area (Å²) in [6.07, 6.45) is 6.21. The van der Waals surface area contributed by atoms with Gasteiger partial charge in [-0.05, 0) is 37.0 Å². The summed E-state index contributed by atoms with van der Waals surface area (Å²) < 4.78 is 0.848. The number of nitrogens with one attached hydrogen (secondary N) is 2. The molecular formula is C21H26N4O4S2. The molecule has 31 heavy (non-hydrogen) atoms. The first-order valence-electron chi connectivity index (χ1n) is 10.2. The normalized spacial score (nSPS) is 13.7. The molecule has 0 saturated heterocycles. The summed E-state index contributed by atoms with van der Waals surface area (Å²) >= 11 is 2.72. The SMILES string of the molecule is CNC(=O)c1cccc(N(CC2CCCC2)C(=O)Nc2ncc(SCCC(=O)O)s2)c1. The average Bonchev–Trinajstić information content (AvgIpc) is 3.43. The lowest BCUT2D eigenvalue weighted by Crippen LogP contribution is -2.38. The molecule has 8 nitrogen and oxygen atoms in total. The number of hydrogen-bond acceptors (Lipinski definition) is 6.